The van der Waals surface area contributed by atoms with Crippen LogP contribution in [0.15, 0.2) is 212 Å². The molecule has 0 saturated heterocycles. The van der Waals surface area contributed by atoms with E-state index in [1.54, 1.807) is 0 Å². The molecular formula is C60H32N2O5. The normalized spacial score (nSPS) is 12.5. The predicted molar refractivity (Wildman–Crippen MR) is 271 cm³/mol. The topological polar surface area (TPSA) is 71.7 Å². The van der Waals surface area contributed by atoms with Crippen LogP contribution in [0.4, 0.5) is 0 Å². The van der Waals surface area contributed by atoms with Crippen LogP contribution < -0.4 is 4.74 Å². The highest BCUT2D eigenvalue weighted by Crippen LogP contribution is 2.45. The summed E-state index contributed by atoms with van der Waals surface area (Å²) in [5, 5.41) is 12.8. The molecule has 67 heavy (non-hydrogen) atoms. The van der Waals surface area contributed by atoms with E-state index in [1.165, 1.54) is 21.5 Å². The third-order valence-corrected chi connectivity index (χ3v) is 14.0. The fourth-order valence-electron chi connectivity index (χ4n) is 11.1. The molecule has 10 aromatic carbocycles. The van der Waals surface area contributed by atoms with Crippen LogP contribution in [0, 0.1) is 0 Å². The average Bonchev–Trinajstić information content (AvgIpc) is 4.22. The highest BCUT2D eigenvalue weighted by molar-refractivity contribution is 6.27. The largest absolute Gasteiger partial charge is 0.457 e. The van der Waals surface area contributed by atoms with E-state index < -0.39 is 0 Å². The van der Waals surface area contributed by atoms with Crippen molar-refractivity contribution in [2.24, 2.45) is 0 Å². The zero-order valence-electron chi connectivity index (χ0n) is 35.4. The monoisotopic (exact) mass is 860 g/mol. The first-order chi connectivity index (χ1) is 33.2. The van der Waals surface area contributed by atoms with Crippen molar-refractivity contribution in [1.29, 1.82) is 0 Å². The molecule has 0 atom stereocenters. The summed E-state index contributed by atoms with van der Waals surface area (Å²) in [7, 11) is 0. The molecule has 0 spiro atoms. The van der Waals surface area contributed by atoms with Crippen LogP contribution in [-0.4, -0.2) is 9.13 Å². The van der Waals surface area contributed by atoms with Crippen LogP contribution in [-0.2, 0) is 0 Å². The Morgan fingerprint density at radius 3 is 0.881 bits per heavy atom. The van der Waals surface area contributed by atoms with Crippen molar-refractivity contribution in [1.82, 2.24) is 9.13 Å². The average molecular weight is 861 g/mol. The van der Waals surface area contributed by atoms with Gasteiger partial charge in [-0.05, 0) is 121 Å². The van der Waals surface area contributed by atoms with Crippen LogP contribution in [0.2, 0.25) is 0 Å². The number of hydrogen-bond donors (Lipinski definition) is 0. The summed E-state index contributed by atoms with van der Waals surface area (Å²) in [6, 6.07) is 67.3. The number of hydrogen-bond acceptors (Lipinski definition) is 5. The molecule has 0 aliphatic rings. The lowest BCUT2D eigenvalue weighted by Crippen LogP contribution is -1.93. The smallest absolute Gasteiger partial charge is 0.136 e. The summed E-state index contributed by atoms with van der Waals surface area (Å²) in [6.07, 6.45) is 0. The van der Waals surface area contributed by atoms with Gasteiger partial charge in [-0.15, -0.1) is 0 Å². The summed E-state index contributed by atoms with van der Waals surface area (Å²) >= 11 is 0. The zero-order valence-corrected chi connectivity index (χ0v) is 35.4. The van der Waals surface area contributed by atoms with Gasteiger partial charge in [0.1, 0.15) is 56.2 Å². The molecule has 6 aromatic heterocycles. The Balaban J connectivity index is 0.839. The minimum Gasteiger partial charge on any atom is -0.457 e. The highest BCUT2D eigenvalue weighted by atomic mass is 16.5. The van der Waals surface area contributed by atoms with Crippen molar-refractivity contribution in [2.45, 2.75) is 0 Å². The molecule has 0 aliphatic heterocycles. The lowest BCUT2D eigenvalue weighted by molar-refractivity contribution is 0.483. The van der Waals surface area contributed by atoms with Crippen LogP contribution >= 0.6 is 0 Å². The number of nitrogens with zero attached hydrogens (tertiary/aromatic N) is 2. The second-order valence-corrected chi connectivity index (χ2v) is 17.6. The first-order valence-electron chi connectivity index (χ1n) is 22.5. The molecule has 0 unspecified atom stereocenters. The molecule has 7 nitrogen and oxygen atoms in total. The molecule has 6 heterocycles. The van der Waals surface area contributed by atoms with Gasteiger partial charge in [-0.2, -0.15) is 0 Å². The Morgan fingerprint density at radius 2 is 0.537 bits per heavy atom. The van der Waals surface area contributed by atoms with Crippen molar-refractivity contribution in [3.63, 3.8) is 0 Å². The molecule has 16 aromatic rings. The van der Waals surface area contributed by atoms with E-state index in [0.717, 1.165) is 121 Å². The van der Waals surface area contributed by atoms with E-state index in [0.29, 0.717) is 11.5 Å². The van der Waals surface area contributed by atoms with Gasteiger partial charge in [0, 0.05) is 76.0 Å². The molecule has 0 amide bonds. The zero-order chi connectivity index (χ0) is 43.5. The quantitative estimate of drug-likeness (QED) is 0.176. The minimum absolute atomic E-state index is 0.688. The second kappa shape index (κ2) is 12.7. The van der Waals surface area contributed by atoms with Crippen LogP contribution in [0.3, 0.4) is 0 Å². The van der Waals surface area contributed by atoms with Gasteiger partial charge in [-0.3, -0.25) is 0 Å². The highest BCUT2D eigenvalue weighted by Gasteiger charge is 2.22. The summed E-state index contributed by atoms with van der Waals surface area (Å²) in [5.74, 6) is 1.38. The SMILES string of the molecule is c1ccc2c(c1)c1ccccc1n2-c1ccc2oc3ccc4oc5ccc(Oc6ccc7oc8ccc9oc%10ccc(-n%11c%12ccccc%12c%12ccccc%12%11)cc%10c9c8c7c6)cc5c4c3c2c1. The van der Waals surface area contributed by atoms with Gasteiger partial charge < -0.3 is 31.5 Å². The van der Waals surface area contributed by atoms with Gasteiger partial charge in [0.25, 0.3) is 0 Å². The third-order valence-electron chi connectivity index (χ3n) is 14.0. The number of benzene rings is 10. The maximum absolute atomic E-state index is 6.76. The summed E-state index contributed by atoms with van der Waals surface area (Å²) < 4.78 is 37.5. The van der Waals surface area contributed by atoms with Crippen molar-refractivity contribution in [2.75, 3.05) is 0 Å². The third kappa shape index (κ3) is 4.79. The number of fused-ring (bicyclic) bond motifs is 20. The van der Waals surface area contributed by atoms with E-state index in [1.807, 2.05) is 48.5 Å². The van der Waals surface area contributed by atoms with Gasteiger partial charge in [0.05, 0.1) is 22.1 Å². The van der Waals surface area contributed by atoms with Gasteiger partial charge in [0.15, 0.2) is 0 Å². The number of aromatic nitrogens is 2. The number of rotatable bonds is 4. The van der Waals surface area contributed by atoms with Crippen LogP contribution in [0.1, 0.15) is 0 Å². The maximum Gasteiger partial charge on any atom is 0.136 e. The fourth-order valence-corrected chi connectivity index (χ4v) is 11.1. The van der Waals surface area contributed by atoms with E-state index in [-0.39, 0.29) is 0 Å². The molecule has 0 bridgehead atoms. The van der Waals surface area contributed by atoms with E-state index in [9.17, 15) is 0 Å². The Labute approximate surface area is 378 Å². The maximum atomic E-state index is 6.76. The Bertz CT molecular complexity index is 4390. The Morgan fingerprint density at radius 1 is 0.254 bits per heavy atom. The molecular weight excluding hydrogens is 829 g/mol. The van der Waals surface area contributed by atoms with Crippen molar-refractivity contribution in [3.05, 3.63) is 194 Å². The van der Waals surface area contributed by atoms with Crippen LogP contribution in [0.5, 0.6) is 11.5 Å². The number of ether oxygens (including phenoxy) is 1. The Kier molecular flexibility index (Phi) is 6.69. The van der Waals surface area contributed by atoms with Crippen molar-refractivity contribution >= 4 is 131 Å². The van der Waals surface area contributed by atoms with Crippen molar-refractivity contribution < 1.29 is 22.4 Å². The van der Waals surface area contributed by atoms with Gasteiger partial charge in [-0.1, -0.05) is 72.8 Å². The molecule has 7 heteroatoms. The lowest BCUT2D eigenvalue weighted by atomic mass is 10.0. The van der Waals surface area contributed by atoms with E-state index in [2.05, 4.69) is 155 Å². The summed E-state index contributed by atoms with van der Waals surface area (Å²) in [5.41, 5.74) is 13.1. The number of furan rings is 4. The molecule has 0 aliphatic carbocycles. The molecule has 0 fully saturated rings. The standard InChI is InChI=1S/C60H32N2O5/c1-5-13-45-37(9-1)38-10-2-6-14-46(38)61(45)33-17-21-49-41(29-33)57-53(64-49)25-27-55-59(57)43-31-35(19-23-51(43)66-55)63-36-20-24-52-44(32-36)60-56(67-52)28-26-54-58(60)42-30-34(18-22-50(42)65-54)62-47-15-7-3-11-39(47)40-12-4-8-16-48(40)62/h1-32H. The molecule has 16 rings (SSSR count). The summed E-state index contributed by atoms with van der Waals surface area (Å²) in [6.45, 7) is 0. The minimum atomic E-state index is 0.688. The van der Waals surface area contributed by atoms with Gasteiger partial charge in [-0.25, -0.2) is 0 Å². The second-order valence-electron chi connectivity index (χ2n) is 17.6. The van der Waals surface area contributed by atoms with Gasteiger partial charge in [0.2, 0.25) is 0 Å². The van der Waals surface area contributed by atoms with Crippen LogP contribution in [0.25, 0.3) is 143 Å². The fraction of sp³-hybridized carbons (Fsp3) is 0. The van der Waals surface area contributed by atoms with E-state index in [4.69, 9.17) is 22.4 Å². The number of para-hydroxylation sites is 4. The molecule has 0 saturated carbocycles. The molecule has 312 valence electrons. The lowest BCUT2D eigenvalue weighted by Gasteiger charge is -2.08. The first kappa shape index (κ1) is 35.2. The Hall–Kier alpha value is -9.20. The van der Waals surface area contributed by atoms with E-state index >= 15 is 0 Å². The molecule has 0 N–H and O–H groups in total. The summed E-state index contributed by atoms with van der Waals surface area (Å²) in [4.78, 5) is 0. The van der Waals surface area contributed by atoms with Gasteiger partial charge >= 0.3 is 0 Å². The predicted octanol–water partition coefficient (Wildman–Crippen LogP) is 17.3. The first-order valence-corrected chi connectivity index (χ1v) is 22.5. The van der Waals surface area contributed by atoms with Crippen molar-refractivity contribution in [3.8, 4) is 22.9 Å². The molecule has 0 radical (unpaired) electrons.